The number of nitrogens with one attached hydrogen (secondary N) is 2. The maximum absolute atomic E-state index is 13.0. The number of ketones is 1. The lowest BCUT2D eigenvalue weighted by Crippen LogP contribution is -2.54. The fourth-order valence-corrected chi connectivity index (χ4v) is 4.43. The Morgan fingerprint density at radius 3 is 2.69 bits per heavy atom. The Kier molecular flexibility index (Phi) is 7.80. The van der Waals surface area contributed by atoms with Crippen molar-refractivity contribution in [3.8, 4) is 0 Å². The van der Waals surface area contributed by atoms with Crippen LogP contribution in [-0.4, -0.2) is 66.9 Å². The number of carbonyl (C=O) groups is 3. The molecule has 2 aliphatic heterocycles. The molecular formula is C21H31N3O4S. The van der Waals surface area contributed by atoms with Crippen molar-refractivity contribution >= 4 is 28.9 Å². The Morgan fingerprint density at radius 2 is 2.03 bits per heavy atom. The van der Waals surface area contributed by atoms with E-state index in [9.17, 15) is 14.4 Å². The van der Waals surface area contributed by atoms with E-state index in [1.54, 1.807) is 11.4 Å². The highest BCUT2D eigenvalue weighted by molar-refractivity contribution is 7.08. The van der Waals surface area contributed by atoms with Crippen LogP contribution in [0.4, 0.5) is 0 Å². The van der Waals surface area contributed by atoms with Crippen molar-refractivity contribution in [2.24, 2.45) is 5.92 Å². The van der Waals surface area contributed by atoms with Crippen LogP contribution in [0.1, 0.15) is 49.9 Å². The second-order valence-corrected chi connectivity index (χ2v) is 9.10. The largest absolute Gasteiger partial charge is 0.366 e. The summed E-state index contributed by atoms with van der Waals surface area (Å²) < 4.78 is 5.67. The number of thiophene rings is 1. The van der Waals surface area contributed by atoms with E-state index in [-0.39, 0.29) is 30.3 Å². The minimum Gasteiger partial charge on any atom is -0.366 e. The first-order valence-electron chi connectivity index (χ1n) is 10.4. The van der Waals surface area contributed by atoms with Crippen molar-refractivity contribution in [1.29, 1.82) is 0 Å². The lowest BCUT2D eigenvalue weighted by molar-refractivity contribution is -0.127. The van der Waals surface area contributed by atoms with Crippen molar-refractivity contribution < 1.29 is 19.1 Å². The van der Waals surface area contributed by atoms with Gasteiger partial charge in [0.25, 0.3) is 5.91 Å². The normalized spacial score (nSPS) is 23.5. The number of nitrogens with zero attached hydrogens (tertiary/aromatic N) is 1. The summed E-state index contributed by atoms with van der Waals surface area (Å²) in [5, 5.41) is 9.31. The molecule has 0 spiro atoms. The molecule has 0 aliphatic carbocycles. The van der Waals surface area contributed by atoms with Crippen LogP contribution < -0.4 is 10.6 Å². The number of amides is 2. The summed E-state index contributed by atoms with van der Waals surface area (Å²) >= 11 is 1.44. The fraction of sp³-hybridized carbons (Fsp3) is 0.667. The molecule has 2 amide bonds. The molecule has 3 rings (SSSR count). The number of Topliss-reactive ketones (excluding diaryl/α,β-unsaturated/α-hetero) is 1. The van der Waals surface area contributed by atoms with Crippen molar-refractivity contribution in [3.05, 3.63) is 22.4 Å². The average Bonchev–Trinajstić information content (AvgIpc) is 3.44. The number of ether oxygens (including phenoxy) is 1. The van der Waals surface area contributed by atoms with Crippen LogP contribution in [0.5, 0.6) is 0 Å². The van der Waals surface area contributed by atoms with Gasteiger partial charge in [0.2, 0.25) is 5.91 Å². The van der Waals surface area contributed by atoms with E-state index in [0.717, 1.165) is 32.4 Å². The molecule has 0 aromatic carbocycles. The lowest BCUT2D eigenvalue weighted by atomic mass is 10.0. The molecule has 7 nitrogen and oxygen atoms in total. The van der Waals surface area contributed by atoms with Crippen LogP contribution in [0, 0.1) is 5.92 Å². The molecule has 0 saturated carbocycles. The molecule has 1 aromatic heterocycles. The van der Waals surface area contributed by atoms with Gasteiger partial charge < -0.3 is 20.3 Å². The molecule has 0 radical (unpaired) electrons. The van der Waals surface area contributed by atoms with E-state index >= 15 is 0 Å². The second kappa shape index (κ2) is 10.3. The summed E-state index contributed by atoms with van der Waals surface area (Å²) in [7, 11) is 0. The van der Waals surface area contributed by atoms with Crippen LogP contribution in [0.15, 0.2) is 16.8 Å². The van der Waals surface area contributed by atoms with Gasteiger partial charge in [-0.3, -0.25) is 14.4 Å². The van der Waals surface area contributed by atoms with Gasteiger partial charge in [-0.2, -0.15) is 11.3 Å². The zero-order valence-corrected chi connectivity index (χ0v) is 18.0. The van der Waals surface area contributed by atoms with E-state index in [4.69, 9.17) is 4.74 Å². The molecule has 2 unspecified atom stereocenters. The molecular weight excluding hydrogens is 390 g/mol. The first-order chi connectivity index (χ1) is 13.9. The number of hydrogen-bond donors (Lipinski definition) is 2. The zero-order chi connectivity index (χ0) is 20.8. The van der Waals surface area contributed by atoms with Crippen molar-refractivity contribution in [1.82, 2.24) is 15.5 Å². The van der Waals surface area contributed by atoms with Gasteiger partial charge in [0.05, 0.1) is 11.7 Å². The van der Waals surface area contributed by atoms with Gasteiger partial charge in [-0.15, -0.1) is 0 Å². The zero-order valence-electron chi connectivity index (χ0n) is 17.2. The molecule has 1 aromatic rings. The van der Waals surface area contributed by atoms with Crippen LogP contribution in [0.2, 0.25) is 0 Å². The SMILES string of the molecule is CC(C)CC[C@H](NC(=O)c1ccsc1)C(=O)NC1C(=O)COC1CN1CCCC1. The standard InChI is InChI=1S/C21H31N3O4S/c1-14(2)5-6-16(22-20(26)15-7-10-29-13-15)21(27)23-19-17(25)12-28-18(19)11-24-8-3-4-9-24/h7,10,13-14,16,18-19H,3-6,8-9,11-12H2,1-2H3,(H,22,26)(H,23,27)/t16-,18?,19?/m0/s1. The third-order valence-corrected chi connectivity index (χ3v) is 6.21. The smallest absolute Gasteiger partial charge is 0.252 e. The maximum Gasteiger partial charge on any atom is 0.252 e. The summed E-state index contributed by atoms with van der Waals surface area (Å²) in [5.74, 6) is -0.278. The first kappa shape index (κ1) is 21.9. The van der Waals surface area contributed by atoms with Gasteiger partial charge >= 0.3 is 0 Å². The summed E-state index contributed by atoms with van der Waals surface area (Å²) in [6, 6.07) is 0.408. The molecule has 29 heavy (non-hydrogen) atoms. The third kappa shape index (κ3) is 6.10. The number of rotatable bonds is 9. The minimum absolute atomic E-state index is 0.0291. The van der Waals surface area contributed by atoms with Crippen molar-refractivity contribution in [2.45, 2.75) is 57.7 Å². The average molecular weight is 422 g/mol. The Labute approximate surface area is 176 Å². The molecule has 2 N–H and O–H groups in total. The summed E-state index contributed by atoms with van der Waals surface area (Å²) in [4.78, 5) is 40.1. The van der Waals surface area contributed by atoms with Crippen LogP contribution in [0.25, 0.3) is 0 Å². The van der Waals surface area contributed by atoms with E-state index in [0.29, 0.717) is 24.4 Å². The topological polar surface area (TPSA) is 87.7 Å². The number of likely N-dealkylation sites (tertiary alicyclic amines) is 1. The Balaban J connectivity index is 1.63. The molecule has 0 bridgehead atoms. The molecule has 2 fully saturated rings. The first-order valence-corrected chi connectivity index (χ1v) is 11.4. The second-order valence-electron chi connectivity index (χ2n) is 8.32. The van der Waals surface area contributed by atoms with E-state index in [1.165, 1.54) is 11.3 Å². The maximum atomic E-state index is 13.0. The molecule has 3 atom stereocenters. The molecule has 2 saturated heterocycles. The van der Waals surface area contributed by atoms with Gasteiger partial charge in [-0.1, -0.05) is 13.8 Å². The van der Waals surface area contributed by atoms with E-state index in [1.807, 2.05) is 5.38 Å². The Bertz CT molecular complexity index is 701. The van der Waals surface area contributed by atoms with E-state index < -0.39 is 12.1 Å². The highest BCUT2D eigenvalue weighted by Gasteiger charge is 2.39. The van der Waals surface area contributed by atoms with Gasteiger partial charge in [0.1, 0.15) is 18.7 Å². The Hall–Kier alpha value is -1.77. The monoisotopic (exact) mass is 421 g/mol. The van der Waals surface area contributed by atoms with Crippen LogP contribution in [0.3, 0.4) is 0 Å². The Morgan fingerprint density at radius 1 is 1.28 bits per heavy atom. The predicted octanol–water partition coefficient (Wildman–Crippen LogP) is 1.83. The summed E-state index contributed by atoms with van der Waals surface area (Å²) in [6.45, 7) is 6.84. The van der Waals surface area contributed by atoms with Crippen molar-refractivity contribution in [2.75, 3.05) is 26.2 Å². The van der Waals surface area contributed by atoms with Gasteiger partial charge in [0.15, 0.2) is 5.78 Å². The minimum atomic E-state index is -0.675. The number of carbonyl (C=O) groups excluding carboxylic acids is 3. The van der Waals surface area contributed by atoms with Gasteiger partial charge in [-0.05, 0) is 56.1 Å². The molecule has 3 heterocycles. The highest BCUT2D eigenvalue weighted by Crippen LogP contribution is 2.17. The fourth-order valence-electron chi connectivity index (χ4n) is 3.79. The van der Waals surface area contributed by atoms with Gasteiger partial charge in [0, 0.05) is 11.9 Å². The highest BCUT2D eigenvalue weighted by atomic mass is 32.1. The summed E-state index contributed by atoms with van der Waals surface area (Å²) in [5.41, 5.74) is 0.546. The third-order valence-electron chi connectivity index (χ3n) is 5.53. The van der Waals surface area contributed by atoms with Crippen molar-refractivity contribution in [3.63, 3.8) is 0 Å². The molecule has 2 aliphatic rings. The number of hydrogen-bond acceptors (Lipinski definition) is 6. The van der Waals surface area contributed by atoms with Crippen LogP contribution >= 0.6 is 11.3 Å². The lowest BCUT2D eigenvalue weighted by Gasteiger charge is -2.26. The van der Waals surface area contributed by atoms with E-state index in [2.05, 4.69) is 29.4 Å². The molecule has 8 heteroatoms. The quantitative estimate of drug-likeness (QED) is 0.635. The summed E-state index contributed by atoms with van der Waals surface area (Å²) in [6.07, 6.45) is 3.31. The van der Waals surface area contributed by atoms with Gasteiger partial charge in [-0.25, -0.2) is 0 Å². The van der Waals surface area contributed by atoms with Crippen LogP contribution in [-0.2, 0) is 14.3 Å². The molecule has 160 valence electrons. The predicted molar refractivity (Wildman–Crippen MR) is 112 cm³/mol.